The molecule has 0 N–H and O–H groups in total. The number of rotatable bonds is 2. The fourth-order valence-electron chi connectivity index (χ4n) is 3.37. The van der Waals surface area contributed by atoms with Crippen molar-refractivity contribution in [2.45, 2.75) is 26.7 Å². The van der Waals surface area contributed by atoms with E-state index in [9.17, 15) is 8.42 Å². The van der Waals surface area contributed by atoms with Crippen molar-refractivity contribution in [1.29, 1.82) is 0 Å². The average Bonchev–Trinajstić information content (AvgIpc) is 2.82. The van der Waals surface area contributed by atoms with Crippen molar-refractivity contribution in [2.24, 2.45) is 11.8 Å². The fourth-order valence-corrected chi connectivity index (χ4v) is 5.28. The lowest BCUT2D eigenvalue weighted by Gasteiger charge is -2.36. The van der Waals surface area contributed by atoms with Gasteiger partial charge in [-0.2, -0.15) is 12.7 Å². The van der Waals surface area contributed by atoms with Gasteiger partial charge in [-0.05, 0) is 36.3 Å². The van der Waals surface area contributed by atoms with Gasteiger partial charge in [0.05, 0.1) is 5.69 Å². The van der Waals surface area contributed by atoms with Gasteiger partial charge >= 0.3 is 10.2 Å². The normalized spacial score (nSPS) is 27.6. The Labute approximate surface area is 120 Å². The summed E-state index contributed by atoms with van der Waals surface area (Å²) in [4.78, 5) is 4.07. The Morgan fingerprint density at radius 1 is 1.25 bits per heavy atom. The van der Waals surface area contributed by atoms with Crippen LogP contribution < -0.4 is 4.31 Å². The highest BCUT2D eigenvalue weighted by Gasteiger charge is 2.37. The number of anilines is 1. The van der Waals surface area contributed by atoms with Crippen LogP contribution in [0, 0.1) is 11.8 Å². The van der Waals surface area contributed by atoms with E-state index < -0.39 is 10.2 Å². The summed E-state index contributed by atoms with van der Waals surface area (Å²) in [6, 6.07) is 1.80. The van der Waals surface area contributed by atoms with Crippen molar-refractivity contribution in [2.75, 3.05) is 23.9 Å². The third kappa shape index (κ3) is 2.31. The van der Waals surface area contributed by atoms with Crippen LogP contribution in [0.1, 0.15) is 25.8 Å². The van der Waals surface area contributed by atoms with Crippen molar-refractivity contribution in [3.63, 3.8) is 0 Å². The molecule has 1 aromatic rings. The summed E-state index contributed by atoms with van der Waals surface area (Å²) < 4.78 is 29.0. The molecule has 2 aliphatic heterocycles. The Hall–Kier alpha value is -1.14. The Morgan fingerprint density at radius 3 is 2.65 bits per heavy atom. The first-order valence-electron chi connectivity index (χ1n) is 7.19. The predicted octanol–water partition coefficient (Wildman–Crippen LogP) is 1.67. The maximum absolute atomic E-state index is 12.9. The molecule has 0 bridgehead atoms. The topological polar surface area (TPSA) is 53.5 Å². The Balaban J connectivity index is 1.90. The summed E-state index contributed by atoms with van der Waals surface area (Å²) in [7, 11) is -3.40. The SMILES string of the molecule is C[C@H]1C[C@H](C)CN(S(=O)(=O)N2CCc3cnccc32)C1. The molecule has 1 aromatic heterocycles. The van der Waals surface area contributed by atoms with Gasteiger partial charge in [-0.25, -0.2) is 0 Å². The maximum Gasteiger partial charge on any atom is 0.304 e. The van der Waals surface area contributed by atoms with Gasteiger partial charge < -0.3 is 0 Å². The number of hydrogen-bond acceptors (Lipinski definition) is 3. The second kappa shape index (κ2) is 5.00. The third-order valence-corrected chi connectivity index (χ3v) is 6.06. The Kier molecular flexibility index (Phi) is 3.46. The van der Waals surface area contributed by atoms with Crippen LogP contribution in [0.3, 0.4) is 0 Å². The molecule has 0 aliphatic carbocycles. The summed E-state index contributed by atoms with van der Waals surface area (Å²) in [6.45, 7) is 6.04. The molecular formula is C14H21N3O2S. The van der Waals surface area contributed by atoms with Crippen LogP contribution in [0.5, 0.6) is 0 Å². The maximum atomic E-state index is 12.9. The minimum atomic E-state index is -3.40. The molecule has 110 valence electrons. The zero-order valence-electron chi connectivity index (χ0n) is 12.0. The van der Waals surface area contributed by atoms with E-state index in [1.807, 2.05) is 0 Å². The molecule has 1 fully saturated rings. The molecule has 2 atom stereocenters. The molecule has 1 saturated heterocycles. The van der Waals surface area contributed by atoms with E-state index in [2.05, 4.69) is 18.8 Å². The number of pyridine rings is 1. The van der Waals surface area contributed by atoms with Crippen LogP contribution in [0.15, 0.2) is 18.5 Å². The first-order valence-corrected chi connectivity index (χ1v) is 8.59. The monoisotopic (exact) mass is 295 g/mol. The van der Waals surface area contributed by atoms with Gasteiger partial charge in [-0.3, -0.25) is 9.29 Å². The molecule has 3 rings (SSSR count). The summed E-state index contributed by atoms with van der Waals surface area (Å²) in [5, 5.41) is 0. The third-order valence-electron chi connectivity index (χ3n) is 4.17. The number of aromatic nitrogens is 1. The number of piperidine rings is 1. The van der Waals surface area contributed by atoms with Gasteiger partial charge in [-0.15, -0.1) is 0 Å². The average molecular weight is 295 g/mol. The Morgan fingerprint density at radius 2 is 1.95 bits per heavy atom. The second-order valence-corrected chi connectivity index (χ2v) is 7.95. The standard InChI is InChI=1S/C14H21N3O2S/c1-11-7-12(2)10-16(9-11)20(18,19)17-6-4-13-8-15-5-3-14(13)17/h3,5,8,11-12H,4,6-7,9-10H2,1-2H3/t11-,12-/m0/s1. The van der Waals surface area contributed by atoms with Gasteiger partial charge in [0.2, 0.25) is 0 Å². The van der Waals surface area contributed by atoms with E-state index in [0.717, 1.165) is 24.1 Å². The lowest BCUT2D eigenvalue weighted by atomic mass is 9.94. The number of fused-ring (bicyclic) bond motifs is 1. The zero-order valence-corrected chi connectivity index (χ0v) is 12.8. The van der Waals surface area contributed by atoms with Crippen LogP contribution in [-0.4, -0.2) is 37.3 Å². The minimum Gasteiger partial charge on any atom is -0.264 e. The fraction of sp³-hybridized carbons (Fsp3) is 0.643. The first kappa shape index (κ1) is 13.8. The lowest BCUT2D eigenvalue weighted by Crippen LogP contribution is -2.49. The number of hydrogen-bond donors (Lipinski definition) is 0. The van der Waals surface area contributed by atoms with E-state index in [-0.39, 0.29) is 0 Å². The predicted molar refractivity (Wildman–Crippen MR) is 78.7 cm³/mol. The molecule has 0 amide bonds. The quantitative estimate of drug-likeness (QED) is 0.834. The largest absolute Gasteiger partial charge is 0.304 e. The van der Waals surface area contributed by atoms with Crippen LogP contribution in [0.25, 0.3) is 0 Å². The molecule has 5 nitrogen and oxygen atoms in total. The van der Waals surface area contributed by atoms with Crippen LogP contribution in [0.4, 0.5) is 5.69 Å². The summed E-state index contributed by atoms with van der Waals surface area (Å²) in [6.07, 6.45) is 5.29. The zero-order chi connectivity index (χ0) is 14.3. The second-order valence-electron chi connectivity index (χ2n) is 6.10. The van der Waals surface area contributed by atoms with Gasteiger partial charge in [-0.1, -0.05) is 13.8 Å². The Bertz CT molecular complexity index is 592. The van der Waals surface area contributed by atoms with Crippen molar-refractivity contribution >= 4 is 15.9 Å². The van der Waals surface area contributed by atoms with Crippen molar-refractivity contribution in [3.8, 4) is 0 Å². The lowest BCUT2D eigenvalue weighted by molar-refractivity contribution is 0.222. The minimum absolute atomic E-state index is 0.424. The molecule has 0 saturated carbocycles. The molecule has 0 spiro atoms. The van der Waals surface area contributed by atoms with E-state index in [1.54, 1.807) is 27.1 Å². The molecule has 3 heterocycles. The summed E-state index contributed by atoms with van der Waals surface area (Å²) in [5.41, 5.74) is 1.82. The summed E-state index contributed by atoms with van der Waals surface area (Å²) >= 11 is 0. The number of nitrogens with zero attached hydrogens (tertiary/aromatic N) is 3. The molecule has 20 heavy (non-hydrogen) atoms. The van der Waals surface area contributed by atoms with Crippen molar-refractivity contribution in [3.05, 3.63) is 24.0 Å². The van der Waals surface area contributed by atoms with Gasteiger partial charge in [0.1, 0.15) is 0 Å². The molecular weight excluding hydrogens is 274 g/mol. The van der Waals surface area contributed by atoms with E-state index >= 15 is 0 Å². The van der Waals surface area contributed by atoms with E-state index in [4.69, 9.17) is 0 Å². The highest BCUT2D eigenvalue weighted by molar-refractivity contribution is 7.90. The molecule has 0 radical (unpaired) electrons. The molecule has 2 aliphatic rings. The van der Waals surface area contributed by atoms with E-state index in [1.165, 1.54) is 0 Å². The molecule has 0 aromatic carbocycles. The van der Waals surface area contributed by atoms with Gasteiger partial charge in [0.25, 0.3) is 0 Å². The van der Waals surface area contributed by atoms with Crippen molar-refractivity contribution < 1.29 is 8.42 Å². The molecule has 6 heteroatoms. The highest BCUT2D eigenvalue weighted by Crippen LogP contribution is 2.32. The highest BCUT2D eigenvalue weighted by atomic mass is 32.2. The van der Waals surface area contributed by atoms with Crippen molar-refractivity contribution in [1.82, 2.24) is 9.29 Å². The first-order chi connectivity index (χ1) is 9.48. The summed E-state index contributed by atoms with van der Waals surface area (Å²) in [5.74, 6) is 0.848. The smallest absolute Gasteiger partial charge is 0.264 e. The van der Waals surface area contributed by atoms with Crippen LogP contribution in [-0.2, 0) is 16.6 Å². The van der Waals surface area contributed by atoms with Crippen LogP contribution in [0.2, 0.25) is 0 Å². The van der Waals surface area contributed by atoms with Crippen LogP contribution >= 0.6 is 0 Å². The molecule has 0 unspecified atom stereocenters. The van der Waals surface area contributed by atoms with Gasteiger partial charge in [0, 0.05) is 32.0 Å². The van der Waals surface area contributed by atoms with E-state index in [0.29, 0.717) is 31.5 Å². The van der Waals surface area contributed by atoms with Gasteiger partial charge in [0.15, 0.2) is 0 Å².